The molecule has 2 N–H and O–H groups in total. The van der Waals surface area contributed by atoms with Gasteiger partial charge in [0.05, 0.1) is 52.6 Å². The van der Waals surface area contributed by atoms with E-state index in [-0.39, 0.29) is 11.8 Å². The molecule has 0 saturated carbocycles. The van der Waals surface area contributed by atoms with Crippen LogP contribution in [0.25, 0.3) is 0 Å². The molecule has 238 valence electrons. The predicted molar refractivity (Wildman–Crippen MR) is 171 cm³/mol. The normalized spacial score (nSPS) is 10.9. The maximum atomic E-state index is 12.2. The summed E-state index contributed by atoms with van der Waals surface area (Å²) < 4.78 is 27.2. The summed E-state index contributed by atoms with van der Waals surface area (Å²) in [6, 6.07) is 7.96. The number of nitrogens with one attached hydrogen (secondary N) is 2. The molecule has 0 spiro atoms. The molecule has 0 bridgehead atoms. The Bertz CT molecular complexity index is 890. The lowest BCUT2D eigenvalue weighted by Crippen LogP contribution is -2.29. The third-order valence-electron chi connectivity index (χ3n) is 5.35. The summed E-state index contributed by atoms with van der Waals surface area (Å²) in [6.07, 6.45) is 2.52. The summed E-state index contributed by atoms with van der Waals surface area (Å²) in [4.78, 5) is 24.8. The number of alkyl carbamates (subject to hydrolysis) is 1. The molecule has 2 amide bonds. The van der Waals surface area contributed by atoms with Crippen LogP contribution in [-0.4, -0.2) is 83.9 Å². The summed E-state index contributed by atoms with van der Waals surface area (Å²) in [5, 5.41) is 5.49. The molecule has 0 aliphatic heterocycles. The summed E-state index contributed by atoms with van der Waals surface area (Å²) in [7, 11) is 3.24. The van der Waals surface area contributed by atoms with E-state index < -0.39 is 6.09 Å². The van der Waals surface area contributed by atoms with Gasteiger partial charge in [-0.15, -0.1) is 0 Å². The zero-order valence-electron chi connectivity index (χ0n) is 25.7. The van der Waals surface area contributed by atoms with Crippen LogP contribution in [0.4, 0.5) is 4.79 Å². The van der Waals surface area contributed by atoms with E-state index in [0.717, 1.165) is 36.3 Å². The number of rotatable bonds is 24. The average molecular weight is 627 g/mol. The van der Waals surface area contributed by atoms with E-state index in [2.05, 4.69) is 36.3 Å². The molecule has 0 saturated heterocycles. The van der Waals surface area contributed by atoms with Crippen molar-refractivity contribution in [2.24, 2.45) is 11.8 Å². The van der Waals surface area contributed by atoms with Gasteiger partial charge in [-0.1, -0.05) is 73.3 Å². The third-order valence-corrected chi connectivity index (χ3v) is 7.42. The van der Waals surface area contributed by atoms with Crippen molar-refractivity contribution in [1.82, 2.24) is 10.6 Å². The van der Waals surface area contributed by atoms with Crippen molar-refractivity contribution < 1.29 is 33.3 Å². The second-order valence-electron chi connectivity index (χ2n) is 10.1. The van der Waals surface area contributed by atoms with Gasteiger partial charge in [0.1, 0.15) is 5.94 Å². The molecule has 0 aliphatic carbocycles. The maximum Gasteiger partial charge on any atom is 0.407 e. The van der Waals surface area contributed by atoms with Crippen LogP contribution in [-0.2, 0) is 34.9 Å². The van der Waals surface area contributed by atoms with E-state index in [1.165, 1.54) is 0 Å². The van der Waals surface area contributed by atoms with Crippen molar-refractivity contribution >= 4 is 33.6 Å². The fourth-order valence-corrected chi connectivity index (χ4v) is 4.82. The smallest absolute Gasteiger partial charge is 0.407 e. The summed E-state index contributed by atoms with van der Waals surface area (Å²) in [6.45, 7) is 13.5. The molecule has 1 aromatic rings. The Morgan fingerprint density at radius 3 is 2.17 bits per heavy atom. The molecule has 11 heteroatoms. The number of carbonyl (C=O) groups is 2. The Labute approximate surface area is 260 Å². The zero-order valence-corrected chi connectivity index (χ0v) is 27.4. The maximum absolute atomic E-state index is 12.2. The predicted octanol–water partition coefficient (Wildman–Crippen LogP) is 5.32. The number of amides is 2. The summed E-state index contributed by atoms with van der Waals surface area (Å²) in [5.41, 5.74) is 0.961. The Kier molecular flexibility index (Phi) is 24.2. The van der Waals surface area contributed by atoms with E-state index in [1.54, 1.807) is 21.6 Å². The first-order valence-electron chi connectivity index (χ1n) is 14.7. The number of carbonyl (C=O) groups excluding carboxylic acids is 2. The highest BCUT2D eigenvalue weighted by molar-refractivity contribution is 8.76. The molecular formula is C31H50N2O7S2. The Morgan fingerprint density at radius 1 is 0.810 bits per heavy atom. The minimum atomic E-state index is -0.440. The van der Waals surface area contributed by atoms with Gasteiger partial charge < -0.3 is 34.3 Å². The summed E-state index contributed by atoms with van der Waals surface area (Å²) >= 11 is 0. The number of benzene rings is 1. The van der Waals surface area contributed by atoms with Gasteiger partial charge in [-0.25, -0.2) is 4.79 Å². The van der Waals surface area contributed by atoms with Gasteiger partial charge in [0.15, 0.2) is 0 Å². The largest absolute Gasteiger partial charge is 0.450 e. The first-order chi connectivity index (χ1) is 20.4. The van der Waals surface area contributed by atoms with Crippen LogP contribution >= 0.6 is 21.6 Å². The van der Waals surface area contributed by atoms with Gasteiger partial charge in [0.25, 0.3) is 0 Å². The zero-order chi connectivity index (χ0) is 30.7. The van der Waals surface area contributed by atoms with Crippen LogP contribution < -0.4 is 10.6 Å². The second-order valence-corrected chi connectivity index (χ2v) is 12.4. The standard InChI is InChI=1S/C31H50N2O7S2/c1-26(2)8-7-14-33-31(35)40-17-6-5-16-39-25-41-42-29-11-9-28(10-12-29)24-30(34)32-15-19-37-21-23-38-22-20-36-18-13-27(3)4/h9-12,26-27H,5-6,13-25H2,1-4H3,(H,32,34)(H,33,35). The molecule has 0 aliphatic rings. The van der Waals surface area contributed by atoms with Crippen LogP contribution in [0, 0.1) is 23.7 Å². The number of hydrogen-bond acceptors (Lipinski definition) is 9. The first kappa shape index (κ1) is 38.1. The van der Waals surface area contributed by atoms with Gasteiger partial charge in [0, 0.05) is 30.6 Å². The van der Waals surface area contributed by atoms with Crippen LogP contribution in [0.15, 0.2) is 29.2 Å². The quantitative estimate of drug-likeness (QED) is 0.0683. The molecule has 1 aromatic carbocycles. The summed E-state index contributed by atoms with van der Waals surface area (Å²) in [5.74, 6) is 7.32. The molecule has 0 heterocycles. The Hall–Kier alpha value is -1.94. The Balaban J connectivity index is 1.95. The Morgan fingerprint density at radius 2 is 1.48 bits per heavy atom. The topological polar surface area (TPSA) is 104 Å². The monoisotopic (exact) mass is 626 g/mol. The fourth-order valence-electron chi connectivity index (χ4n) is 3.11. The van der Waals surface area contributed by atoms with E-state index in [0.29, 0.717) is 77.6 Å². The average Bonchev–Trinajstić information content (AvgIpc) is 2.95. The van der Waals surface area contributed by atoms with Crippen molar-refractivity contribution in [2.45, 2.75) is 58.3 Å². The van der Waals surface area contributed by atoms with Crippen molar-refractivity contribution in [3.8, 4) is 11.8 Å². The highest BCUT2D eigenvalue weighted by Gasteiger charge is 2.04. The van der Waals surface area contributed by atoms with Gasteiger partial charge >= 0.3 is 6.09 Å². The van der Waals surface area contributed by atoms with Crippen molar-refractivity contribution in [3.05, 3.63) is 29.8 Å². The molecule has 9 nitrogen and oxygen atoms in total. The molecule has 1 rings (SSSR count). The second kappa shape index (κ2) is 26.7. The van der Waals surface area contributed by atoms with E-state index >= 15 is 0 Å². The van der Waals surface area contributed by atoms with Crippen LogP contribution in [0.2, 0.25) is 0 Å². The lowest BCUT2D eigenvalue weighted by Gasteiger charge is -2.09. The molecule has 0 unspecified atom stereocenters. The van der Waals surface area contributed by atoms with Crippen LogP contribution in [0.1, 0.15) is 52.5 Å². The minimum Gasteiger partial charge on any atom is -0.450 e. The molecule has 0 atom stereocenters. The van der Waals surface area contributed by atoms with Crippen molar-refractivity contribution in [3.63, 3.8) is 0 Å². The van der Waals surface area contributed by atoms with Crippen LogP contribution in [0.3, 0.4) is 0 Å². The third kappa shape index (κ3) is 24.6. The van der Waals surface area contributed by atoms with Gasteiger partial charge in [-0.3, -0.25) is 4.79 Å². The minimum absolute atomic E-state index is 0.0291. The van der Waals surface area contributed by atoms with Gasteiger partial charge in [-0.05, 0) is 42.9 Å². The highest BCUT2D eigenvalue weighted by atomic mass is 33.1. The van der Waals surface area contributed by atoms with E-state index in [1.807, 2.05) is 38.1 Å². The van der Waals surface area contributed by atoms with Crippen molar-refractivity contribution in [1.29, 1.82) is 0 Å². The molecule has 0 aromatic heterocycles. The lowest BCUT2D eigenvalue weighted by molar-refractivity contribution is -0.120. The molecule has 42 heavy (non-hydrogen) atoms. The SMILES string of the molecule is CC(C)C#CCNC(=O)OCCCCOCSSc1ccc(CC(=O)NCCOCCOCCOCCC(C)C)cc1. The number of unbranched alkanes of at least 4 members (excludes halogenated alkanes) is 1. The van der Waals surface area contributed by atoms with Gasteiger partial charge in [-0.2, -0.15) is 0 Å². The van der Waals surface area contributed by atoms with Gasteiger partial charge in [0.2, 0.25) is 5.91 Å². The molecule has 0 fully saturated rings. The fraction of sp³-hybridized carbons (Fsp3) is 0.677. The van der Waals surface area contributed by atoms with Crippen LogP contribution in [0.5, 0.6) is 0 Å². The molecular weight excluding hydrogens is 576 g/mol. The lowest BCUT2D eigenvalue weighted by atomic mass is 10.1. The van der Waals surface area contributed by atoms with E-state index in [9.17, 15) is 9.59 Å². The van der Waals surface area contributed by atoms with Crippen molar-refractivity contribution in [2.75, 3.05) is 71.9 Å². The van der Waals surface area contributed by atoms with E-state index in [4.69, 9.17) is 23.7 Å². The number of hydrogen-bond donors (Lipinski definition) is 2. The highest BCUT2D eigenvalue weighted by Crippen LogP contribution is 2.31. The molecule has 0 radical (unpaired) electrons. The first-order valence-corrected chi connectivity index (χ1v) is 17.0. The number of ether oxygens (including phenoxy) is 5.